The van der Waals surface area contributed by atoms with Gasteiger partial charge in [-0.25, -0.2) is 8.42 Å². The highest BCUT2D eigenvalue weighted by Gasteiger charge is 2.32. The van der Waals surface area contributed by atoms with Gasteiger partial charge in [-0.05, 0) is 12.1 Å². The van der Waals surface area contributed by atoms with Gasteiger partial charge in [0.15, 0.2) is 0 Å². The molecular formula is C13H15N3O2S2. The van der Waals surface area contributed by atoms with E-state index in [-0.39, 0.29) is 10.1 Å². The second-order valence-corrected chi connectivity index (χ2v) is 8.12. The minimum Gasteiger partial charge on any atom is -0.274 e. The van der Waals surface area contributed by atoms with Crippen LogP contribution in [0, 0.1) is 0 Å². The zero-order chi connectivity index (χ0) is 14.3. The second kappa shape index (κ2) is 4.82. The van der Waals surface area contributed by atoms with Gasteiger partial charge in [0.25, 0.3) is 10.0 Å². The van der Waals surface area contributed by atoms with E-state index < -0.39 is 10.0 Å². The zero-order valence-electron chi connectivity index (χ0n) is 11.2. The normalized spacial score (nSPS) is 18.9. The zero-order valence-corrected chi connectivity index (χ0v) is 12.9. The molecule has 7 heteroatoms. The van der Waals surface area contributed by atoms with Gasteiger partial charge >= 0.3 is 0 Å². The summed E-state index contributed by atoms with van der Waals surface area (Å²) in [5.41, 5.74) is 0.749. The standard InChI is InChI=1S/C13H15N3O2S2/c1-10-8-16(12-5-3-4-6-13(12)19-10)20(17,18)11-7-14-15(2)9-11/h3-7,9-10H,8H2,1-2H3/t10-/m1/s1. The Labute approximate surface area is 122 Å². The van der Waals surface area contributed by atoms with Gasteiger partial charge in [0, 0.05) is 29.9 Å². The van der Waals surface area contributed by atoms with Crippen LogP contribution < -0.4 is 4.31 Å². The third kappa shape index (κ3) is 2.20. The van der Waals surface area contributed by atoms with E-state index in [1.54, 1.807) is 18.8 Å². The molecule has 0 N–H and O–H groups in total. The lowest BCUT2D eigenvalue weighted by atomic mass is 10.3. The van der Waals surface area contributed by atoms with Crippen LogP contribution in [0.15, 0.2) is 46.5 Å². The van der Waals surface area contributed by atoms with Gasteiger partial charge in [-0.2, -0.15) is 5.10 Å². The van der Waals surface area contributed by atoms with Crippen LogP contribution in [0.4, 0.5) is 5.69 Å². The van der Waals surface area contributed by atoms with Crippen LogP contribution in [-0.2, 0) is 17.1 Å². The molecule has 0 amide bonds. The van der Waals surface area contributed by atoms with Crippen molar-refractivity contribution in [1.82, 2.24) is 9.78 Å². The van der Waals surface area contributed by atoms with Crippen molar-refractivity contribution in [3.63, 3.8) is 0 Å². The highest BCUT2D eigenvalue weighted by molar-refractivity contribution is 8.00. The molecule has 3 rings (SSSR count). The monoisotopic (exact) mass is 309 g/mol. The van der Waals surface area contributed by atoms with E-state index in [9.17, 15) is 8.42 Å². The Balaban J connectivity index is 2.10. The number of hydrogen-bond acceptors (Lipinski definition) is 4. The van der Waals surface area contributed by atoms with Gasteiger partial charge in [0.05, 0.1) is 11.9 Å². The molecule has 1 aliphatic rings. The minimum atomic E-state index is -3.55. The van der Waals surface area contributed by atoms with Crippen LogP contribution >= 0.6 is 11.8 Å². The van der Waals surface area contributed by atoms with Crippen LogP contribution in [0.5, 0.6) is 0 Å². The average Bonchev–Trinajstić information content (AvgIpc) is 2.85. The molecule has 0 bridgehead atoms. The number of rotatable bonds is 2. The second-order valence-electron chi connectivity index (χ2n) is 4.78. The van der Waals surface area contributed by atoms with Crippen LogP contribution in [0.25, 0.3) is 0 Å². The van der Waals surface area contributed by atoms with Crippen molar-refractivity contribution < 1.29 is 8.42 Å². The summed E-state index contributed by atoms with van der Waals surface area (Å²) >= 11 is 1.71. The number of para-hydroxylation sites is 1. The summed E-state index contributed by atoms with van der Waals surface area (Å²) in [6.07, 6.45) is 2.93. The van der Waals surface area contributed by atoms with E-state index >= 15 is 0 Å². The summed E-state index contributed by atoms with van der Waals surface area (Å²) in [5.74, 6) is 0. The molecule has 2 aromatic rings. The molecule has 0 spiro atoms. The molecule has 0 aliphatic carbocycles. The van der Waals surface area contributed by atoms with Crippen LogP contribution in [0.2, 0.25) is 0 Å². The van der Waals surface area contributed by atoms with E-state index in [1.807, 2.05) is 31.2 Å². The van der Waals surface area contributed by atoms with Crippen molar-refractivity contribution in [2.24, 2.45) is 7.05 Å². The van der Waals surface area contributed by atoms with Crippen molar-refractivity contribution in [3.8, 4) is 0 Å². The third-order valence-electron chi connectivity index (χ3n) is 3.15. The van der Waals surface area contributed by atoms with Gasteiger partial charge in [0.1, 0.15) is 4.90 Å². The number of sulfonamides is 1. The van der Waals surface area contributed by atoms with Crippen molar-refractivity contribution >= 4 is 27.5 Å². The number of benzene rings is 1. The first kappa shape index (κ1) is 13.5. The summed E-state index contributed by atoms with van der Waals surface area (Å²) < 4.78 is 28.5. The number of hydrogen-bond donors (Lipinski definition) is 0. The van der Waals surface area contributed by atoms with Gasteiger partial charge in [0.2, 0.25) is 0 Å². The van der Waals surface area contributed by atoms with E-state index in [4.69, 9.17) is 0 Å². The first-order chi connectivity index (χ1) is 9.48. The predicted octanol–water partition coefficient (Wildman–Crippen LogP) is 2.11. The highest BCUT2D eigenvalue weighted by atomic mass is 32.2. The van der Waals surface area contributed by atoms with Gasteiger partial charge in [-0.1, -0.05) is 19.1 Å². The number of aromatic nitrogens is 2. The van der Waals surface area contributed by atoms with Crippen LogP contribution in [0.3, 0.4) is 0 Å². The molecule has 0 radical (unpaired) electrons. The number of thioether (sulfide) groups is 1. The van der Waals surface area contributed by atoms with Gasteiger partial charge in [-0.3, -0.25) is 8.99 Å². The molecule has 0 saturated carbocycles. The maximum absolute atomic E-state index is 12.8. The molecular weight excluding hydrogens is 294 g/mol. The fourth-order valence-electron chi connectivity index (χ4n) is 2.24. The summed E-state index contributed by atoms with van der Waals surface area (Å²) in [4.78, 5) is 1.23. The Bertz CT molecular complexity index is 740. The Kier molecular flexibility index (Phi) is 3.25. The van der Waals surface area contributed by atoms with Gasteiger partial charge in [-0.15, -0.1) is 11.8 Å². The summed E-state index contributed by atoms with van der Waals surface area (Å²) in [7, 11) is -1.84. The topological polar surface area (TPSA) is 55.2 Å². The Morgan fingerprint density at radius 3 is 2.80 bits per heavy atom. The lowest BCUT2D eigenvalue weighted by molar-refractivity contribution is 0.589. The molecule has 0 unspecified atom stereocenters. The lowest BCUT2D eigenvalue weighted by Gasteiger charge is -2.32. The molecule has 2 heterocycles. The first-order valence-electron chi connectivity index (χ1n) is 6.25. The first-order valence-corrected chi connectivity index (χ1v) is 8.57. The maximum atomic E-state index is 12.8. The number of nitrogens with zero attached hydrogens (tertiary/aromatic N) is 3. The van der Waals surface area contributed by atoms with Crippen molar-refractivity contribution in [1.29, 1.82) is 0 Å². The molecule has 1 aromatic heterocycles. The maximum Gasteiger partial charge on any atom is 0.267 e. The van der Waals surface area contributed by atoms with E-state index in [0.717, 1.165) is 10.6 Å². The minimum absolute atomic E-state index is 0.219. The predicted molar refractivity (Wildman–Crippen MR) is 79.5 cm³/mol. The fourth-order valence-corrected chi connectivity index (χ4v) is 5.06. The highest BCUT2D eigenvalue weighted by Crippen LogP contribution is 2.40. The summed E-state index contributed by atoms with van der Waals surface area (Å²) in [6.45, 7) is 2.51. The molecule has 106 valence electrons. The van der Waals surface area contributed by atoms with Crippen LogP contribution in [-0.4, -0.2) is 30.0 Å². The van der Waals surface area contributed by atoms with E-state index in [0.29, 0.717) is 6.54 Å². The Morgan fingerprint density at radius 1 is 1.35 bits per heavy atom. The smallest absolute Gasteiger partial charge is 0.267 e. The van der Waals surface area contributed by atoms with Crippen molar-refractivity contribution in [2.75, 3.05) is 10.8 Å². The summed E-state index contributed by atoms with van der Waals surface area (Å²) in [6, 6.07) is 7.60. The summed E-state index contributed by atoms with van der Waals surface area (Å²) in [5, 5.41) is 4.18. The molecule has 0 fully saturated rings. The van der Waals surface area contributed by atoms with Gasteiger partial charge < -0.3 is 0 Å². The Hall–Kier alpha value is -1.47. The molecule has 0 saturated heterocycles. The van der Waals surface area contributed by atoms with Crippen molar-refractivity contribution in [2.45, 2.75) is 22.0 Å². The number of fused-ring (bicyclic) bond motifs is 1. The average molecular weight is 309 g/mol. The largest absolute Gasteiger partial charge is 0.274 e. The quantitative estimate of drug-likeness (QED) is 0.852. The van der Waals surface area contributed by atoms with E-state index in [2.05, 4.69) is 5.10 Å². The Morgan fingerprint density at radius 2 is 2.10 bits per heavy atom. The third-order valence-corrected chi connectivity index (χ3v) is 6.04. The molecule has 20 heavy (non-hydrogen) atoms. The van der Waals surface area contributed by atoms with E-state index in [1.165, 1.54) is 21.4 Å². The molecule has 5 nitrogen and oxygen atoms in total. The lowest BCUT2D eigenvalue weighted by Crippen LogP contribution is -2.38. The van der Waals surface area contributed by atoms with Crippen molar-refractivity contribution in [3.05, 3.63) is 36.7 Å². The molecule has 1 aromatic carbocycles. The SMILES string of the molecule is C[C@@H]1CN(S(=O)(=O)c2cnn(C)c2)c2ccccc2S1. The molecule has 1 atom stereocenters. The van der Waals surface area contributed by atoms with Crippen LogP contribution in [0.1, 0.15) is 6.92 Å². The number of aryl methyl sites for hydroxylation is 1. The fraction of sp³-hybridized carbons (Fsp3) is 0.308. The number of anilines is 1. The molecule has 1 aliphatic heterocycles.